The maximum atomic E-state index is 11.0. The largest absolute Gasteiger partial charge is 0.494 e. The molecule has 1 unspecified atom stereocenters. The maximum Gasteiger partial charge on any atom is 0.305 e. The molecule has 0 saturated heterocycles. The van der Waals surface area contributed by atoms with Crippen LogP contribution in [0.5, 0.6) is 5.75 Å². The molecule has 0 fully saturated rings. The van der Waals surface area contributed by atoms with Crippen LogP contribution in [0.25, 0.3) is 0 Å². The van der Waals surface area contributed by atoms with Gasteiger partial charge in [0.2, 0.25) is 0 Å². The highest BCUT2D eigenvalue weighted by Crippen LogP contribution is 2.14. The van der Waals surface area contributed by atoms with E-state index in [1.165, 1.54) is 7.11 Å². The lowest BCUT2D eigenvalue weighted by atomic mass is 10.0. The zero-order chi connectivity index (χ0) is 13.4. The predicted molar refractivity (Wildman–Crippen MR) is 70.5 cm³/mol. The van der Waals surface area contributed by atoms with Crippen LogP contribution in [0.3, 0.4) is 0 Å². The van der Waals surface area contributed by atoms with E-state index in [2.05, 4.69) is 4.74 Å². The highest BCUT2D eigenvalue weighted by atomic mass is 16.5. The van der Waals surface area contributed by atoms with Crippen molar-refractivity contribution in [3.05, 3.63) is 29.8 Å². The number of hydrogen-bond donors (Lipinski definition) is 1. The van der Waals surface area contributed by atoms with Crippen molar-refractivity contribution in [1.29, 1.82) is 0 Å². The van der Waals surface area contributed by atoms with E-state index in [0.29, 0.717) is 19.4 Å². The van der Waals surface area contributed by atoms with Crippen molar-refractivity contribution < 1.29 is 14.3 Å². The molecule has 0 radical (unpaired) electrons. The Bertz CT molecular complexity index is 362. The van der Waals surface area contributed by atoms with Crippen LogP contribution in [0.15, 0.2) is 24.3 Å². The molecule has 0 aliphatic carbocycles. The van der Waals surface area contributed by atoms with E-state index < -0.39 is 0 Å². The summed E-state index contributed by atoms with van der Waals surface area (Å²) in [5, 5.41) is 0. The Morgan fingerprint density at radius 3 is 2.56 bits per heavy atom. The molecule has 2 N–H and O–H groups in total. The Labute approximate surface area is 108 Å². The summed E-state index contributed by atoms with van der Waals surface area (Å²) in [6, 6.07) is 7.85. The normalized spacial score (nSPS) is 11.9. The van der Waals surface area contributed by atoms with Crippen LogP contribution in [0, 0.1) is 0 Å². The molecule has 0 aromatic heterocycles. The van der Waals surface area contributed by atoms with Crippen LogP contribution in [0.1, 0.15) is 25.3 Å². The number of benzene rings is 1. The fourth-order valence-electron chi connectivity index (χ4n) is 1.70. The van der Waals surface area contributed by atoms with Gasteiger partial charge in [-0.15, -0.1) is 0 Å². The number of esters is 1. The van der Waals surface area contributed by atoms with Gasteiger partial charge in [-0.1, -0.05) is 12.1 Å². The van der Waals surface area contributed by atoms with Gasteiger partial charge in [0.25, 0.3) is 0 Å². The Kier molecular flexibility index (Phi) is 6.22. The van der Waals surface area contributed by atoms with Gasteiger partial charge in [0.05, 0.1) is 13.7 Å². The van der Waals surface area contributed by atoms with Gasteiger partial charge in [-0.2, -0.15) is 0 Å². The zero-order valence-corrected chi connectivity index (χ0v) is 11.0. The highest BCUT2D eigenvalue weighted by Gasteiger charge is 2.08. The van der Waals surface area contributed by atoms with Crippen LogP contribution < -0.4 is 10.5 Å². The van der Waals surface area contributed by atoms with E-state index in [1.54, 1.807) is 0 Å². The van der Waals surface area contributed by atoms with Crippen molar-refractivity contribution in [3.8, 4) is 5.75 Å². The van der Waals surface area contributed by atoms with Gasteiger partial charge in [-0.05, 0) is 37.5 Å². The third-order valence-electron chi connectivity index (χ3n) is 2.68. The molecule has 0 amide bonds. The Morgan fingerprint density at radius 2 is 2.00 bits per heavy atom. The van der Waals surface area contributed by atoms with E-state index >= 15 is 0 Å². The Balaban J connectivity index is 2.39. The molecule has 0 bridgehead atoms. The summed E-state index contributed by atoms with van der Waals surface area (Å²) in [4.78, 5) is 11.0. The van der Waals surface area contributed by atoms with E-state index in [9.17, 15) is 4.79 Å². The molecule has 4 heteroatoms. The van der Waals surface area contributed by atoms with Crippen molar-refractivity contribution in [2.75, 3.05) is 13.7 Å². The predicted octanol–water partition coefficient (Wildman–Crippen LogP) is 1.91. The second-order valence-electron chi connectivity index (χ2n) is 4.16. The molecule has 0 spiro atoms. The summed E-state index contributed by atoms with van der Waals surface area (Å²) < 4.78 is 9.95. The van der Waals surface area contributed by atoms with Gasteiger partial charge >= 0.3 is 5.97 Å². The summed E-state index contributed by atoms with van der Waals surface area (Å²) in [7, 11) is 1.39. The summed E-state index contributed by atoms with van der Waals surface area (Å²) in [6.07, 6.45) is 1.76. The SMILES string of the molecule is CCOc1ccc(CC(N)CCC(=O)OC)cc1. The molecule has 18 heavy (non-hydrogen) atoms. The number of methoxy groups -OCH3 is 1. The number of rotatable bonds is 7. The molecule has 0 saturated carbocycles. The van der Waals surface area contributed by atoms with Crippen molar-refractivity contribution >= 4 is 5.97 Å². The standard InChI is InChI=1S/C14H21NO3/c1-3-18-13-7-4-11(5-8-13)10-12(15)6-9-14(16)17-2/h4-5,7-8,12H,3,6,9-10,15H2,1-2H3. The van der Waals surface area contributed by atoms with Crippen molar-refractivity contribution in [2.45, 2.75) is 32.2 Å². The Morgan fingerprint density at radius 1 is 1.33 bits per heavy atom. The average Bonchev–Trinajstić information content (AvgIpc) is 2.38. The van der Waals surface area contributed by atoms with Crippen molar-refractivity contribution in [1.82, 2.24) is 0 Å². The molecule has 1 aromatic rings. The first-order valence-electron chi connectivity index (χ1n) is 6.19. The number of nitrogens with two attached hydrogens (primary N) is 1. The molecule has 0 aliphatic rings. The van der Waals surface area contributed by atoms with E-state index in [4.69, 9.17) is 10.5 Å². The van der Waals surface area contributed by atoms with E-state index in [0.717, 1.165) is 17.7 Å². The molecule has 1 atom stereocenters. The highest BCUT2D eigenvalue weighted by molar-refractivity contribution is 5.69. The third-order valence-corrected chi connectivity index (χ3v) is 2.68. The second kappa shape index (κ2) is 7.71. The first-order valence-corrected chi connectivity index (χ1v) is 6.19. The molecular formula is C14H21NO3. The minimum absolute atomic E-state index is 0.0259. The van der Waals surface area contributed by atoms with Crippen LogP contribution >= 0.6 is 0 Å². The van der Waals surface area contributed by atoms with Gasteiger partial charge in [0, 0.05) is 12.5 Å². The number of hydrogen-bond acceptors (Lipinski definition) is 4. The summed E-state index contributed by atoms with van der Waals surface area (Å²) in [5.74, 6) is 0.654. The smallest absolute Gasteiger partial charge is 0.305 e. The lowest BCUT2D eigenvalue weighted by Gasteiger charge is -2.11. The monoisotopic (exact) mass is 251 g/mol. The molecule has 100 valence electrons. The van der Waals surface area contributed by atoms with Crippen LogP contribution in [-0.2, 0) is 16.0 Å². The van der Waals surface area contributed by atoms with Crippen LogP contribution in [-0.4, -0.2) is 25.7 Å². The molecule has 1 rings (SSSR count). The number of carbonyl (C=O) groups is 1. The van der Waals surface area contributed by atoms with Gasteiger partial charge in [0.15, 0.2) is 0 Å². The molecule has 0 aliphatic heterocycles. The molecule has 0 heterocycles. The number of ether oxygens (including phenoxy) is 2. The van der Waals surface area contributed by atoms with E-state index in [-0.39, 0.29) is 12.0 Å². The van der Waals surface area contributed by atoms with E-state index in [1.807, 2.05) is 31.2 Å². The fourth-order valence-corrected chi connectivity index (χ4v) is 1.70. The Hall–Kier alpha value is -1.55. The molecule has 1 aromatic carbocycles. The first kappa shape index (κ1) is 14.5. The average molecular weight is 251 g/mol. The maximum absolute atomic E-state index is 11.0. The summed E-state index contributed by atoms with van der Waals surface area (Å²) in [5.41, 5.74) is 7.12. The summed E-state index contributed by atoms with van der Waals surface area (Å²) >= 11 is 0. The van der Waals surface area contributed by atoms with Gasteiger partial charge < -0.3 is 15.2 Å². The number of carbonyl (C=O) groups excluding carboxylic acids is 1. The van der Waals surface area contributed by atoms with Gasteiger partial charge in [0.1, 0.15) is 5.75 Å². The first-order chi connectivity index (χ1) is 8.65. The van der Waals surface area contributed by atoms with Gasteiger partial charge in [-0.3, -0.25) is 4.79 Å². The quantitative estimate of drug-likeness (QED) is 0.752. The zero-order valence-electron chi connectivity index (χ0n) is 11.0. The van der Waals surface area contributed by atoms with Crippen molar-refractivity contribution in [2.24, 2.45) is 5.73 Å². The minimum atomic E-state index is -0.211. The van der Waals surface area contributed by atoms with Gasteiger partial charge in [-0.25, -0.2) is 0 Å². The topological polar surface area (TPSA) is 61.5 Å². The third kappa shape index (κ3) is 5.19. The lowest BCUT2D eigenvalue weighted by molar-refractivity contribution is -0.140. The minimum Gasteiger partial charge on any atom is -0.494 e. The van der Waals surface area contributed by atoms with Crippen molar-refractivity contribution in [3.63, 3.8) is 0 Å². The summed E-state index contributed by atoms with van der Waals surface area (Å²) in [6.45, 7) is 2.62. The lowest BCUT2D eigenvalue weighted by Crippen LogP contribution is -2.24. The fraction of sp³-hybridized carbons (Fsp3) is 0.500. The second-order valence-corrected chi connectivity index (χ2v) is 4.16. The molecular weight excluding hydrogens is 230 g/mol. The van der Waals surface area contributed by atoms with Crippen LogP contribution in [0.4, 0.5) is 0 Å². The molecule has 4 nitrogen and oxygen atoms in total. The van der Waals surface area contributed by atoms with Crippen LogP contribution in [0.2, 0.25) is 0 Å².